The Morgan fingerprint density at radius 1 is 1.31 bits per heavy atom. The molecule has 3 aromatic rings. The van der Waals surface area contributed by atoms with Crippen molar-refractivity contribution in [2.24, 2.45) is 5.73 Å². The Hall–Kier alpha value is -3.36. The van der Waals surface area contributed by atoms with E-state index < -0.39 is 11.6 Å². The van der Waals surface area contributed by atoms with E-state index in [1.807, 2.05) is 24.3 Å². The molecule has 32 heavy (non-hydrogen) atoms. The van der Waals surface area contributed by atoms with Crippen LogP contribution in [0.25, 0.3) is 22.3 Å². The largest absolute Gasteiger partial charge is 0.458 e. The molecule has 0 radical (unpaired) electrons. The van der Waals surface area contributed by atoms with Crippen molar-refractivity contribution in [3.05, 3.63) is 62.9 Å². The molecule has 5 rings (SSSR count). The lowest BCUT2D eigenvalue weighted by Crippen LogP contribution is -2.44. The van der Waals surface area contributed by atoms with Crippen LogP contribution in [0.5, 0.6) is 0 Å². The number of benzene rings is 1. The van der Waals surface area contributed by atoms with E-state index in [0.29, 0.717) is 29.1 Å². The monoisotopic (exact) mass is 433 g/mol. The highest BCUT2D eigenvalue weighted by molar-refractivity contribution is 5.87. The maximum Gasteiger partial charge on any atom is 0.343 e. The second kappa shape index (κ2) is 7.08. The van der Waals surface area contributed by atoms with Gasteiger partial charge in [-0.2, -0.15) is 0 Å². The minimum absolute atomic E-state index is 0.0259. The first-order chi connectivity index (χ1) is 15.2. The number of rotatable bonds is 4. The molecule has 0 fully saturated rings. The molecule has 0 saturated heterocycles. The lowest BCUT2D eigenvalue weighted by atomic mass is 9.86. The number of ether oxygens (including phenoxy) is 1. The number of fused-ring (bicyclic) bond motifs is 5. The van der Waals surface area contributed by atoms with E-state index in [-0.39, 0.29) is 36.8 Å². The molecule has 2 aliphatic rings. The minimum Gasteiger partial charge on any atom is -0.458 e. The fourth-order valence-corrected chi connectivity index (χ4v) is 4.66. The van der Waals surface area contributed by atoms with Crippen LogP contribution in [0.2, 0.25) is 0 Å². The van der Waals surface area contributed by atoms with Crippen LogP contribution in [0.3, 0.4) is 0 Å². The van der Waals surface area contributed by atoms with Gasteiger partial charge in [0.15, 0.2) is 5.60 Å². The van der Waals surface area contributed by atoms with Crippen molar-refractivity contribution in [3.63, 3.8) is 0 Å². The quantitative estimate of drug-likeness (QED) is 0.472. The number of pyridine rings is 2. The number of Topliss-reactive ketones (excluding diaryl/α,β-unsaturated/α-hetero) is 1. The zero-order valence-electron chi connectivity index (χ0n) is 17.8. The third kappa shape index (κ3) is 2.91. The molecule has 2 aromatic heterocycles. The van der Waals surface area contributed by atoms with Gasteiger partial charge in [-0.05, 0) is 43.2 Å². The van der Waals surface area contributed by atoms with E-state index in [0.717, 1.165) is 22.0 Å². The number of esters is 1. The summed E-state index contributed by atoms with van der Waals surface area (Å²) in [5.41, 5.74) is 8.29. The van der Waals surface area contributed by atoms with E-state index >= 15 is 0 Å². The summed E-state index contributed by atoms with van der Waals surface area (Å²) in [4.78, 5) is 41.7. The molecule has 164 valence electrons. The number of nitrogens with two attached hydrogens (primary N) is 1. The maximum absolute atomic E-state index is 13.2. The van der Waals surface area contributed by atoms with Crippen LogP contribution >= 0.6 is 0 Å². The highest BCUT2D eigenvalue weighted by atomic mass is 16.6. The first-order valence-electron chi connectivity index (χ1n) is 10.6. The van der Waals surface area contributed by atoms with Crippen LogP contribution in [0.15, 0.2) is 35.1 Å². The van der Waals surface area contributed by atoms with Crippen molar-refractivity contribution in [1.82, 2.24) is 9.55 Å². The summed E-state index contributed by atoms with van der Waals surface area (Å²) < 4.78 is 6.71. The number of hydrogen-bond acceptors (Lipinski definition) is 7. The zero-order chi connectivity index (χ0) is 22.8. The lowest BCUT2D eigenvalue weighted by Gasteiger charge is -2.31. The molecular formula is C24H23N3O5. The highest BCUT2D eigenvalue weighted by Crippen LogP contribution is 2.38. The number of hydrogen-bond donors (Lipinski definition) is 2. The summed E-state index contributed by atoms with van der Waals surface area (Å²) in [5.74, 6) is -0.714. The summed E-state index contributed by atoms with van der Waals surface area (Å²) in [6.07, 6.45) is 0.362. The van der Waals surface area contributed by atoms with Crippen LogP contribution in [0, 0.1) is 0 Å². The van der Waals surface area contributed by atoms with E-state index in [1.165, 1.54) is 6.92 Å². The van der Waals surface area contributed by atoms with Gasteiger partial charge in [0.25, 0.3) is 5.56 Å². The third-order valence-electron chi connectivity index (χ3n) is 6.47. The van der Waals surface area contributed by atoms with Crippen LogP contribution in [-0.2, 0) is 33.1 Å². The van der Waals surface area contributed by atoms with Crippen LogP contribution in [-0.4, -0.2) is 26.4 Å². The second-order valence-electron chi connectivity index (χ2n) is 8.56. The number of aliphatic hydroxyl groups is 1. The molecule has 2 aliphatic heterocycles. The molecule has 1 unspecified atom stereocenters. The molecule has 2 atom stereocenters. The van der Waals surface area contributed by atoms with Gasteiger partial charge in [0.05, 0.1) is 29.0 Å². The summed E-state index contributed by atoms with van der Waals surface area (Å²) >= 11 is 0. The molecule has 0 aliphatic carbocycles. The summed E-state index contributed by atoms with van der Waals surface area (Å²) in [6.45, 7) is 3.37. The SMILES string of the molecule is CC[C@@]1(O)C(=O)OCc2c1cc1n(c2=O)Cc2cc3cc(C(N)CC(C)=O)ccc3nc2-1. The van der Waals surface area contributed by atoms with Gasteiger partial charge in [-0.1, -0.05) is 13.0 Å². The van der Waals surface area contributed by atoms with Gasteiger partial charge in [-0.3, -0.25) is 9.59 Å². The van der Waals surface area contributed by atoms with Crippen molar-refractivity contribution in [3.8, 4) is 11.4 Å². The van der Waals surface area contributed by atoms with Gasteiger partial charge < -0.3 is 20.1 Å². The third-order valence-corrected chi connectivity index (χ3v) is 6.47. The maximum atomic E-state index is 13.2. The molecular weight excluding hydrogens is 410 g/mol. The van der Waals surface area contributed by atoms with Crippen LogP contribution in [0.4, 0.5) is 0 Å². The average molecular weight is 433 g/mol. The van der Waals surface area contributed by atoms with Gasteiger partial charge in [0.2, 0.25) is 0 Å². The van der Waals surface area contributed by atoms with E-state index in [1.54, 1.807) is 17.6 Å². The predicted molar refractivity (Wildman–Crippen MR) is 117 cm³/mol. The molecule has 8 nitrogen and oxygen atoms in total. The standard InChI is InChI=1S/C24H23N3O5/c1-3-24(31)17-9-20-21-15(10-27(20)22(29)16(17)11-32-23(24)30)8-14-7-13(4-5-19(14)26-21)18(25)6-12(2)28/h4-5,7-9,18,31H,3,6,10-11,25H2,1-2H3/t18?,24-/m0/s1. The van der Waals surface area contributed by atoms with Gasteiger partial charge in [-0.25, -0.2) is 9.78 Å². The Morgan fingerprint density at radius 3 is 2.81 bits per heavy atom. The predicted octanol–water partition coefficient (Wildman–Crippen LogP) is 2.06. The zero-order valence-corrected chi connectivity index (χ0v) is 17.8. The van der Waals surface area contributed by atoms with Crippen molar-refractivity contribution < 1.29 is 19.4 Å². The molecule has 1 aromatic carbocycles. The Kier molecular flexibility index (Phi) is 4.54. The first-order valence-corrected chi connectivity index (χ1v) is 10.6. The molecule has 3 N–H and O–H groups in total. The second-order valence-corrected chi connectivity index (χ2v) is 8.56. The summed E-state index contributed by atoms with van der Waals surface area (Å²) in [5, 5.41) is 11.8. The van der Waals surface area contributed by atoms with Crippen LogP contribution in [0.1, 0.15) is 55.0 Å². The topological polar surface area (TPSA) is 125 Å². The van der Waals surface area contributed by atoms with Gasteiger partial charge in [-0.15, -0.1) is 0 Å². The van der Waals surface area contributed by atoms with E-state index in [9.17, 15) is 19.5 Å². The van der Waals surface area contributed by atoms with Crippen molar-refractivity contribution in [1.29, 1.82) is 0 Å². The van der Waals surface area contributed by atoms with E-state index in [2.05, 4.69) is 0 Å². The molecule has 0 amide bonds. The van der Waals surface area contributed by atoms with E-state index in [4.69, 9.17) is 15.5 Å². The normalized spacial score (nSPS) is 19.8. The highest BCUT2D eigenvalue weighted by Gasteiger charge is 2.45. The van der Waals surface area contributed by atoms with Crippen molar-refractivity contribution in [2.75, 3.05) is 0 Å². The molecule has 0 saturated carbocycles. The van der Waals surface area contributed by atoms with Gasteiger partial charge >= 0.3 is 5.97 Å². The summed E-state index contributed by atoms with van der Waals surface area (Å²) in [7, 11) is 0. The first kappa shape index (κ1) is 20.5. The fraction of sp³-hybridized carbons (Fsp3) is 0.333. The van der Waals surface area contributed by atoms with Crippen molar-refractivity contribution in [2.45, 2.75) is 51.5 Å². The number of aromatic nitrogens is 2. The molecule has 0 spiro atoms. The fourth-order valence-electron chi connectivity index (χ4n) is 4.66. The average Bonchev–Trinajstić information content (AvgIpc) is 3.12. The number of carbonyl (C=O) groups excluding carboxylic acids is 2. The number of cyclic esters (lactones) is 1. The minimum atomic E-state index is -1.84. The molecule has 4 heterocycles. The van der Waals surface area contributed by atoms with Gasteiger partial charge in [0, 0.05) is 29.0 Å². The number of ketones is 1. The smallest absolute Gasteiger partial charge is 0.343 e. The number of nitrogens with zero attached hydrogens (tertiary/aromatic N) is 2. The van der Waals surface area contributed by atoms with Gasteiger partial charge in [0.1, 0.15) is 12.4 Å². The molecule has 8 heteroatoms. The van der Waals surface area contributed by atoms with Crippen LogP contribution < -0.4 is 11.3 Å². The Bertz CT molecular complexity index is 1380. The lowest BCUT2D eigenvalue weighted by molar-refractivity contribution is -0.172. The Balaban J connectivity index is 1.65. The van der Waals surface area contributed by atoms with Crippen molar-refractivity contribution >= 4 is 22.7 Å². The Labute approximate surface area is 183 Å². The number of carbonyl (C=O) groups is 2. The molecule has 0 bridgehead atoms. The summed E-state index contributed by atoms with van der Waals surface area (Å²) in [6, 6.07) is 8.92. The Morgan fingerprint density at radius 2 is 2.09 bits per heavy atom.